The lowest BCUT2D eigenvalue weighted by molar-refractivity contribution is 0.373. The van der Waals surface area contributed by atoms with Gasteiger partial charge in [-0.1, -0.05) is 22.0 Å². The Morgan fingerprint density at radius 1 is 1.14 bits per heavy atom. The number of halogens is 1. The third kappa shape index (κ3) is 3.50. The van der Waals surface area contributed by atoms with Gasteiger partial charge in [-0.25, -0.2) is 0 Å². The molecule has 3 nitrogen and oxygen atoms in total. The molecule has 112 valence electrons. The van der Waals surface area contributed by atoms with Crippen LogP contribution in [-0.2, 0) is 0 Å². The summed E-state index contributed by atoms with van der Waals surface area (Å²) in [5.74, 6) is 0.646. The smallest absolute Gasteiger partial charge is 0.160 e. The predicted molar refractivity (Wildman–Crippen MR) is 90.3 cm³/mol. The first kappa shape index (κ1) is 15.7. The van der Waals surface area contributed by atoms with Gasteiger partial charge in [-0.2, -0.15) is 0 Å². The van der Waals surface area contributed by atoms with Crippen molar-refractivity contribution < 1.29 is 9.84 Å². The van der Waals surface area contributed by atoms with Crippen LogP contribution in [0.5, 0.6) is 11.5 Å². The fraction of sp³-hybridized carbons (Fsp3) is 0.294. The summed E-state index contributed by atoms with van der Waals surface area (Å²) in [7, 11) is 1.55. The summed E-state index contributed by atoms with van der Waals surface area (Å²) in [5, 5.41) is 13.1. The second-order valence-electron chi connectivity index (χ2n) is 5.22. The zero-order chi connectivity index (χ0) is 15.6. The summed E-state index contributed by atoms with van der Waals surface area (Å²) in [5.41, 5.74) is 4.54. The van der Waals surface area contributed by atoms with Crippen LogP contribution in [0.3, 0.4) is 0 Å². The average molecular weight is 350 g/mol. The Morgan fingerprint density at radius 2 is 1.76 bits per heavy atom. The summed E-state index contributed by atoms with van der Waals surface area (Å²) in [4.78, 5) is 0. The normalized spacial score (nSPS) is 12.0. The molecule has 0 fully saturated rings. The minimum atomic E-state index is 0.111. The summed E-state index contributed by atoms with van der Waals surface area (Å²) < 4.78 is 6.30. The van der Waals surface area contributed by atoms with Crippen molar-refractivity contribution in [3.8, 4) is 11.5 Å². The highest BCUT2D eigenvalue weighted by Crippen LogP contribution is 2.31. The largest absolute Gasteiger partial charge is 0.504 e. The lowest BCUT2D eigenvalue weighted by atomic mass is 10.1. The Labute approximate surface area is 134 Å². The number of hydrogen-bond acceptors (Lipinski definition) is 3. The maximum atomic E-state index is 9.66. The number of rotatable bonds is 4. The molecule has 2 aromatic carbocycles. The molecule has 0 heterocycles. The monoisotopic (exact) mass is 349 g/mol. The second-order valence-corrected chi connectivity index (χ2v) is 6.01. The van der Waals surface area contributed by atoms with Gasteiger partial charge in [-0.05, 0) is 61.7 Å². The SMILES string of the molecule is COc1cc(C(C)Nc2cc(C)c(Br)c(C)c2)ccc1O. The number of nitrogens with one attached hydrogen (secondary N) is 1. The van der Waals surface area contributed by atoms with Crippen molar-refractivity contribution in [1.29, 1.82) is 0 Å². The molecule has 4 heteroatoms. The van der Waals surface area contributed by atoms with Crippen LogP contribution in [0.1, 0.15) is 29.7 Å². The molecule has 0 aliphatic carbocycles. The molecule has 0 saturated carbocycles. The topological polar surface area (TPSA) is 41.5 Å². The van der Waals surface area contributed by atoms with Crippen LogP contribution in [0, 0.1) is 13.8 Å². The van der Waals surface area contributed by atoms with Gasteiger partial charge in [-0.3, -0.25) is 0 Å². The molecule has 0 aliphatic rings. The molecule has 0 aromatic heterocycles. The number of aryl methyl sites for hydroxylation is 2. The predicted octanol–water partition coefficient (Wildman–Crippen LogP) is 4.95. The number of hydrogen-bond donors (Lipinski definition) is 2. The fourth-order valence-corrected chi connectivity index (χ4v) is 2.56. The van der Waals surface area contributed by atoms with Crippen LogP contribution in [0.2, 0.25) is 0 Å². The van der Waals surface area contributed by atoms with E-state index in [2.05, 4.69) is 54.2 Å². The first-order valence-corrected chi connectivity index (χ1v) is 7.62. The van der Waals surface area contributed by atoms with Gasteiger partial charge in [0.15, 0.2) is 11.5 Å². The highest BCUT2D eigenvalue weighted by molar-refractivity contribution is 9.10. The summed E-state index contributed by atoms with van der Waals surface area (Å²) >= 11 is 3.58. The molecular weight excluding hydrogens is 330 g/mol. The number of ether oxygens (including phenoxy) is 1. The van der Waals surface area contributed by atoms with Crippen molar-refractivity contribution in [2.75, 3.05) is 12.4 Å². The lowest BCUT2D eigenvalue weighted by Gasteiger charge is -2.18. The Hall–Kier alpha value is -1.68. The molecule has 0 bridgehead atoms. The molecular formula is C17H20BrNO2. The fourth-order valence-electron chi connectivity index (χ4n) is 2.33. The van der Waals surface area contributed by atoms with Gasteiger partial charge < -0.3 is 15.2 Å². The van der Waals surface area contributed by atoms with Crippen LogP contribution in [0.15, 0.2) is 34.8 Å². The van der Waals surface area contributed by atoms with E-state index in [1.165, 1.54) is 11.1 Å². The van der Waals surface area contributed by atoms with E-state index in [9.17, 15) is 5.11 Å². The van der Waals surface area contributed by atoms with E-state index in [1.54, 1.807) is 13.2 Å². The summed E-state index contributed by atoms with van der Waals surface area (Å²) in [6.45, 7) is 6.24. The van der Waals surface area contributed by atoms with Crippen LogP contribution in [0.25, 0.3) is 0 Å². The number of anilines is 1. The second kappa shape index (κ2) is 6.39. The number of phenols is 1. The average Bonchev–Trinajstić information content (AvgIpc) is 2.45. The third-order valence-corrected chi connectivity index (χ3v) is 4.77. The lowest BCUT2D eigenvalue weighted by Crippen LogP contribution is -2.07. The molecule has 1 atom stereocenters. The van der Waals surface area contributed by atoms with Crippen molar-refractivity contribution in [1.82, 2.24) is 0 Å². The van der Waals surface area contributed by atoms with Gasteiger partial charge in [0.05, 0.1) is 7.11 Å². The van der Waals surface area contributed by atoms with E-state index in [-0.39, 0.29) is 11.8 Å². The zero-order valence-corrected chi connectivity index (χ0v) is 14.3. The van der Waals surface area contributed by atoms with Gasteiger partial charge >= 0.3 is 0 Å². The number of aromatic hydroxyl groups is 1. The van der Waals surface area contributed by atoms with Crippen LogP contribution >= 0.6 is 15.9 Å². The van der Waals surface area contributed by atoms with Crippen molar-refractivity contribution >= 4 is 21.6 Å². The number of phenolic OH excluding ortho intramolecular Hbond substituents is 1. The van der Waals surface area contributed by atoms with Crippen LogP contribution < -0.4 is 10.1 Å². The molecule has 2 rings (SSSR count). The van der Waals surface area contributed by atoms with Gasteiger partial charge in [0.2, 0.25) is 0 Å². The maximum absolute atomic E-state index is 9.66. The summed E-state index contributed by atoms with van der Waals surface area (Å²) in [6.07, 6.45) is 0. The van der Waals surface area contributed by atoms with Crippen molar-refractivity contribution in [3.05, 3.63) is 51.5 Å². The molecule has 2 aromatic rings. The van der Waals surface area contributed by atoms with Crippen LogP contribution in [-0.4, -0.2) is 12.2 Å². The zero-order valence-electron chi connectivity index (χ0n) is 12.7. The van der Waals surface area contributed by atoms with Crippen molar-refractivity contribution in [3.63, 3.8) is 0 Å². The quantitative estimate of drug-likeness (QED) is 0.820. The van der Waals surface area contributed by atoms with E-state index in [0.29, 0.717) is 5.75 Å². The highest BCUT2D eigenvalue weighted by atomic mass is 79.9. The Bertz CT molecular complexity index is 632. The molecule has 0 aliphatic heterocycles. The van der Waals surface area contributed by atoms with E-state index in [0.717, 1.165) is 15.7 Å². The molecule has 21 heavy (non-hydrogen) atoms. The Balaban J connectivity index is 2.23. The van der Waals surface area contributed by atoms with E-state index in [1.807, 2.05) is 12.1 Å². The molecule has 2 N–H and O–H groups in total. The van der Waals surface area contributed by atoms with Gasteiger partial charge in [0.1, 0.15) is 0 Å². The number of methoxy groups -OCH3 is 1. The molecule has 0 spiro atoms. The Kier molecular flexibility index (Phi) is 4.78. The Morgan fingerprint density at radius 3 is 2.33 bits per heavy atom. The first-order chi connectivity index (χ1) is 9.92. The third-order valence-electron chi connectivity index (χ3n) is 3.52. The van der Waals surface area contributed by atoms with Gasteiger partial charge in [0, 0.05) is 16.2 Å². The highest BCUT2D eigenvalue weighted by Gasteiger charge is 2.10. The maximum Gasteiger partial charge on any atom is 0.160 e. The molecule has 0 amide bonds. The van der Waals surface area contributed by atoms with Gasteiger partial charge in [0.25, 0.3) is 0 Å². The van der Waals surface area contributed by atoms with Crippen molar-refractivity contribution in [2.45, 2.75) is 26.8 Å². The minimum Gasteiger partial charge on any atom is -0.504 e. The van der Waals surface area contributed by atoms with E-state index >= 15 is 0 Å². The first-order valence-electron chi connectivity index (χ1n) is 6.82. The molecule has 0 saturated heterocycles. The minimum absolute atomic E-state index is 0.111. The van der Waals surface area contributed by atoms with E-state index in [4.69, 9.17) is 4.74 Å². The standard InChI is InChI=1S/C17H20BrNO2/c1-10-7-14(8-11(2)17(10)18)19-12(3)13-5-6-15(20)16(9-13)21-4/h5-9,12,19-20H,1-4H3. The van der Waals surface area contributed by atoms with E-state index < -0.39 is 0 Å². The summed E-state index contributed by atoms with van der Waals surface area (Å²) in [6, 6.07) is 9.75. The van der Waals surface area contributed by atoms with Gasteiger partial charge in [-0.15, -0.1) is 0 Å². The molecule has 1 unspecified atom stereocenters. The van der Waals surface area contributed by atoms with Crippen LogP contribution in [0.4, 0.5) is 5.69 Å². The van der Waals surface area contributed by atoms with Crippen molar-refractivity contribution in [2.24, 2.45) is 0 Å². The molecule has 0 radical (unpaired) electrons. The number of benzene rings is 2.